The summed E-state index contributed by atoms with van der Waals surface area (Å²) in [6, 6.07) is 0.249. The molecule has 0 aliphatic carbocycles. The summed E-state index contributed by atoms with van der Waals surface area (Å²) in [7, 11) is 0. The summed E-state index contributed by atoms with van der Waals surface area (Å²) in [5, 5.41) is 13.9. The summed E-state index contributed by atoms with van der Waals surface area (Å²) in [6.45, 7) is 7.16. The van der Waals surface area contributed by atoms with Crippen molar-refractivity contribution in [3.8, 4) is 0 Å². The third-order valence-electron chi connectivity index (χ3n) is 3.45. The molecule has 1 aromatic rings. The minimum atomic E-state index is -0.386. The van der Waals surface area contributed by atoms with Crippen molar-refractivity contribution in [2.75, 3.05) is 13.1 Å². The molecule has 2 heterocycles. The third-order valence-corrected chi connectivity index (χ3v) is 3.45. The highest BCUT2D eigenvalue weighted by Gasteiger charge is 2.25. The van der Waals surface area contributed by atoms with Crippen LogP contribution in [0.2, 0.25) is 0 Å². The van der Waals surface area contributed by atoms with Gasteiger partial charge in [-0.25, -0.2) is 0 Å². The highest BCUT2D eigenvalue weighted by molar-refractivity contribution is 5.95. The summed E-state index contributed by atoms with van der Waals surface area (Å²) in [6.07, 6.45) is 2.90. The van der Waals surface area contributed by atoms with Gasteiger partial charge in [0.05, 0.1) is 17.9 Å². The minimum absolute atomic E-state index is 0.0156. The third kappa shape index (κ3) is 2.41. The zero-order valence-electron chi connectivity index (χ0n) is 11.3. The Kier molecular flexibility index (Phi) is 3.71. The smallest absolute Gasteiger partial charge is 0.257 e. The number of carbonyl (C=O) groups is 1. The predicted octanol–water partition coefficient (Wildman–Crippen LogP) is 1.37. The van der Waals surface area contributed by atoms with Crippen molar-refractivity contribution in [2.24, 2.45) is 0 Å². The second-order valence-corrected chi connectivity index (χ2v) is 5.23. The van der Waals surface area contributed by atoms with Gasteiger partial charge >= 0.3 is 0 Å². The van der Waals surface area contributed by atoms with Gasteiger partial charge in [0.1, 0.15) is 0 Å². The number of piperidine rings is 1. The first-order chi connectivity index (χ1) is 8.50. The highest BCUT2D eigenvalue weighted by atomic mass is 16.3. The molecule has 100 valence electrons. The molecule has 1 aliphatic heterocycles. The van der Waals surface area contributed by atoms with Gasteiger partial charge in [-0.05, 0) is 33.6 Å². The summed E-state index contributed by atoms with van der Waals surface area (Å²) in [5.41, 5.74) is 1.55. The molecule has 1 saturated heterocycles. The van der Waals surface area contributed by atoms with E-state index in [0.29, 0.717) is 12.1 Å². The van der Waals surface area contributed by atoms with Crippen molar-refractivity contribution < 1.29 is 9.90 Å². The van der Waals surface area contributed by atoms with Crippen LogP contribution in [-0.2, 0) is 0 Å². The van der Waals surface area contributed by atoms with E-state index in [1.165, 1.54) is 0 Å². The van der Waals surface area contributed by atoms with Crippen molar-refractivity contribution in [1.29, 1.82) is 0 Å². The van der Waals surface area contributed by atoms with Gasteiger partial charge in [0.15, 0.2) is 0 Å². The number of carbonyl (C=O) groups excluding carboxylic acids is 1. The van der Waals surface area contributed by atoms with Crippen molar-refractivity contribution in [2.45, 2.75) is 45.8 Å². The maximum Gasteiger partial charge on any atom is 0.257 e. The lowest BCUT2D eigenvalue weighted by Crippen LogP contribution is -2.42. The first-order valence-electron chi connectivity index (χ1n) is 6.52. The molecule has 0 radical (unpaired) electrons. The molecule has 1 aliphatic rings. The number of hydrogen-bond donors (Lipinski definition) is 1. The quantitative estimate of drug-likeness (QED) is 0.863. The average molecular weight is 251 g/mol. The van der Waals surface area contributed by atoms with Crippen molar-refractivity contribution in [3.63, 3.8) is 0 Å². The van der Waals surface area contributed by atoms with Crippen LogP contribution in [0.25, 0.3) is 0 Å². The molecule has 5 heteroatoms. The van der Waals surface area contributed by atoms with Gasteiger partial charge in [0.25, 0.3) is 5.91 Å². The lowest BCUT2D eigenvalue weighted by molar-refractivity contribution is 0.0473. The molecular weight excluding hydrogens is 230 g/mol. The molecule has 1 unspecified atom stereocenters. The van der Waals surface area contributed by atoms with E-state index in [9.17, 15) is 9.90 Å². The van der Waals surface area contributed by atoms with Crippen LogP contribution in [0.3, 0.4) is 0 Å². The lowest BCUT2D eigenvalue weighted by Gasteiger charge is -2.30. The molecule has 0 aromatic carbocycles. The second-order valence-electron chi connectivity index (χ2n) is 5.23. The Labute approximate surface area is 107 Å². The molecule has 1 atom stereocenters. The molecule has 0 saturated carbocycles. The topological polar surface area (TPSA) is 58.4 Å². The monoisotopic (exact) mass is 251 g/mol. The maximum atomic E-state index is 12.4. The van der Waals surface area contributed by atoms with Crippen LogP contribution in [0.4, 0.5) is 0 Å². The second kappa shape index (κ2) is 5.10. The van der Waals surface area contributed by atoms with Crippen molar-refractivity contribution >= 4 is 5.91 Å². The first kappa shape index (κ1) is 13.1. The van der Waals surface area contributed by atoms with E-state index in [-0.39, 0.29) is 18.1 Å². The van der Waals surface area contributed by atoms with Gasteiger partial charge in [0, 0.05) is 24.8 Å². The van der Waals surface area contributed by atoms with Crippen LogP contribution in [-0.4, -0.2) is 44.9 Å². The Morgan fingerprint density at radius 1 is 1.56 bits per heavy atom. The van der Waals surface area contributed by atoms with Crippen LogP contribution in [0, 0.1) is 6.92 Å². The van der Waals surface area contributed by atoms with E-state index in [1.807, 2.05) is 25.5 Å². The van der Waals surface area contributed by atoms with Crippen LogP contribution in [0.5, 0.6) is 0 Å². The van der Waals surface area contributed by atoms with Gasteiger partial charge in [-0.2, -0.15) is 5.10 Å². The Balaban J connectivity index is 2.18. The van der Waals surface area contributed by atoms with E-state index < -0.39 is 0 Å². The number of aliphatic hydroxyl groups excluding tert-OH is 1. The number of amides is 1. The number of aliphatic hydroxyl groups is 1. The van der Waals surface area contributed by atoms with Gasteiger partial charge < -0.3 is 10.0 Å². The Morgan fingerprint density at radius 2 is 2.28 bits per heavy atom. The van der Waals surface area contributed by atoms with E-state index in [0.717, 1.165) is 25.1 Å². The first-order valence-corrected chi connectivity index (χ1v) is 6.52. The molecule has 1 fully saturated rings. The molecule has 1 N–H and O–H groups in total. The van der Waals surface area contributed by atoms with E-state index in [1.54, 1.807) is 11.1 Å². The largest absolute Gasteiger partial charge is 0.391 e. The van der Waals surface area contributed by atoms with Crippen LogP contribution in [0.15, 0.2) is 6.20 Å². The number of β-amino-alcohol motifs (C(OH)–C–C–N with tert-alkyl or cyclic N) is 1. The zero-order valence-corrected chi connectivity index (χ0v) is 11.3. The number of likely N-dealkylation sites (tertiary alicyclic amines) is 1. The summed E-state index contributed by atoms with van der Waals surface area (Å²) >= 11 is 0. The van der Waals surface area contributed by atoms with E-state index in [2.05, 4.69) is 5.10 Å². The molecular formula is C13H21N3O2. The number of hydrogen-bond acceptors (Lipinski definition) is 3. The van der Waals surface area contributed by atoms with Gasteiger partial charge in [-0.15, -0.1) is 0 Å². The Morgan fingerprint density at radius 3 is 2.83 bits per heavy atom. The van der Waals surface area contributed by atoms with Gasteiger partial charge in [0.2, 0.25) is 0 Å². The highest BCUT2D eigenvalue weighted by Crippen LogP contribution is 2.18. The average Bonchev–Trinajstić information content (AvgIpc) is 2.70. The zero-order chi connectivity index (χ0) is 13.3. The fourth-order valence-electron chi connectivity index (χ4n) is 2.46. The Hall–Kier alpha value is -1.36. The maximum absolute atomic E-state index is 12.4. The minimum Gasteiger partial charge on any atom is -0.391 e. The van der Waals surface area contributed by atoms with E-state index >= 15 is 0 Å². The fraction of sp³-hybridized carbons (Fsp3) is 0.692. The molecule has 0 bridgehead atoms. The van der Waals surface area contributed by atoms with Crippen LogP contribution in [0.1, 0.15) is 48.8 Å². The fourth-order valence-corrected chi connectivity index (χ4v) is 2.46. The van der Waals surface area contributed by atoms with Crippen LogP contribution < -0.4 is 0 Å². The normalized spacial score (nSPS) is 20.5. The van der Waals surface area contributed by atoms with Crippen LogP contribution >= 0.6 is 0 Å². The molecule has 5 nitrogen and oxygen atoms in total. The number of aromatic nitrogens is 2. The molecule has 1 amide bonds. The lowest BCUT2D eigenvalue weighted by atomic mass is 10.1. The van der Waals surface area contributed by atoms with Gasteiger partial charge in [-0.3, -0.25) is 9.48 Å². The molecule has 1 aromatic heterocycles. The summed E-state index contributed by atoms with van der Waals surface area (Å²) in [4.78, 5) is 14.1. The van der Waals surface area contributed by atoms with Crippen molar-refractivity contribution in [1.82, 2.24) is 14.7 Å². The number of nitrogens with zero attached hydrogens (tertiary/aromatic N) is 3. The molecule has 2 rings (SSSR count). The standard InChI is InChI=1S/C13H21N3O2/c1-9(2)16-10(3)12(7-14-16)13(18)15-6-4-5-11(17)8-15/h7,9,11,17H,4-6,8H2,1-3H3. The SMILES string of the molecule is Cc1c(C(=O)N2CCCC(O)C2)cnn1C(C)C. The Bertz CT molecular complexity index is 439. The van der Waals surface area contributed by atoms with Crippen molar-refractivity contribution in [3.05, 3.63) is 17.5 Å². The molecule has 0 spiro atoms. The predicted molar refractivity (Wildman–Crippen MR) is 68.5 cm³/mol. The van der Waals surface area contributed by atoms with E-state index in [4.69, 9.17) is 0 Å². The van der Waals surface area contributed by atoms with Gasteiger partial charge in [-0.1, -0.05) is 0 Å². The molecule has 18 heavy (non-hydrogen) atoms. The summed E-state index contributed by atoms with van der Waals surface area (Å²) < 4.78 is 1.85. The summed E-state index contributed by atoms with van der Waals surface area (Å²) in [5.74, 6) is -0.0156. The number of rotatable bonds is 2.